The van der Waals surface area contributed by atoms with E-state index in [-0.39, 0.29) is 42.2 Å². The number of aromatic nitrogens is 2. The van der Waals surface area contributed by atoms with Gasteiger partial charge in [0.05, 0.1) is 6.61 Å². The molecular weight excluding hydrogens is 301 g/mol. The molecule has 1 heterocycles. The number of carbonyl (C=O) groups is 2. The summed E-state index contributed by atoms with van der Waals surface area (Å²) in [5.41, 5.74) is 1.05. The molecule has 0 radical (unpaired) electrons. The molecule has 2 aromatic rings. The lowest BCUT2D eigenvalue weighted by molar-refractivity contribution is -0.116. The molecule has 0 fully saturated rings. The Morgan fingerprint density at radius 2 is 2.04 bits per heavy atom. The predicted molar refractivity (Wildman–Crippen MR) is 82.6 cm³/mol. The average molecular weight is 319 g/mol. The Bertz CT molecular complexity index is 682. The number of nitrogens with zero attached hydrogens (tertiary/aromatic N) is 1. The fourth-order valence-corrected chi connectivity index (χ4v) is 2.08. The van der Waals surface area contributed by atoms with E-state index in [4.69, 9.17) is 4.74 Å². The Kier molecular flexibility index (Phi) is 5.46. The van der Waals surface area contributed by atoms with Crippen LogP contribution in [0.15, 0.2) is 30.3 Å². The van der Waals surface area contributed by atoms with Crippen LogP contribution in [-0.2, 0) is 9.53 Å². The first-order chi connectivity index (χ1) is 11.0. The van der Waals surface area contributed by atoms with Gasteiger partial charge in [0.15, 0.2) is 5.82 Å². The number of amides is 1. The first-order valence-corrected chi connectivity index (χ1v) is 7.27. The van der Waals surface area contributed by atoms with Crippen LogP contribution in [0, 0.1) is 5.82 Å². The Morgan fingerprint density at radius 1 is 1.35 bits per heavy atom. The number of halogens is 1. The maximum atomic E-state index is 12.9. The maximum absolute atomic E-state index is 12.9. The molecule has 0 aliphatic carbocycles. The minimum absolute atomic E-state index is 0.0703. The highest BCUT2D eigenvalue weighted by Gasteiger charge is 2.15. The number of ether oxygens (including phenoxy) is 1. The second kappa shape index (κ2) is 7.53. The molecule has 7 heteroatoms. The molecule has 6 nitrogen and oxygen atoms in total. The van der Waals surface area contributed by atoms with Gasteiger partial charge in [0.2, 0.25) is 5.91 Å². The van der Waals surface area contributed by atoms with Crippen molar-refractivity contribution in [3.05, 3.63) is 47.4 Å². The van der Waals surface area contributed by atoms with Crippen LogP contribution in [-0.4, -0.2) is 28.7 Å². The van der Waals surface area contributed by atoms with Gasteiger partial charge in [0, 0.05) is 12.5 Å². The van der Waals surface area contributed by atoms with E-state index in [0.717, 1.165) is 5.56 Å². The summed E-state index contributed by atoms with van der Waals surface area (Å²) < 4.78 is 17.7. The van der Waals surface area contributed by atoms with Gasteiger partial charge in [0.25, 0.3) is 0 Å². The molecule has 0 saturated heterocycles. The van der Waals surface area contributed by atoms with Crippen LogP contribution in [0.1, 0.15) is 42.2 Å². The highest BCUT2D eigenvalue weighted by molar-refractivity contribution is 5.93. The average Bonchev–Trinajstić information content (AvgIpc) is 2.96. The Labute approximate surface area is 133 Å². The Morgan fingerprint density at radius 3 is 2.70 bits per heavy atom. The topological polar surface area (TPSA) is 84.1 Å². The second-order valence-corrected chi connectivity index (χ2v) is 5.09. The van der Waals surface area contributed by atoms with Crippen LogP contribution in [0.2, 0.25) is 0 Å². The molecule has 23 heavy (non-hydrogen) atoms. The molecule has 0 bridgehead atoms. The van der Waals surface area contributed by atoms with Gasteiger partial charge in [-0.3, -0.25) is 9.89 Å². The standard InChI is InChI=1S/C16H18FN3O3/c1-3-23-16(22)13-9-14(20-19-13)18-15(21)8-10(2)11-4-6-12(17)7-5-11/h4-7,9-10H,3,8H2,1-2H3,(H2,18,19,20,21)/t10-/m1/s1. The lowest BCUT2D eigenvalue weighted by Gasteiger charge is -2.11. The summed E-state index contributed by atoms with van der Waals surface area (Å²) in [4.78, 5) is 23.5. The van der Waals surface area contributed by atoms with Crippen molar-refractivity contribution in [2.24, 2.45) is 0 Å². The summed E-state index contributed by atoms with van der Waals surface area (Å²) >= 11 is 0. The van der Waals surface area contributed by atoms with Crippen LogP contribution in [0.3, 0.4) is 0 Å². The van der Waals surface area contributed by atoms with Crippen molar-refractivity contribution in [2.75, 3.05) is 11.9 Å². The highest BCUT2D eigenvalue weighted by atomic mass is 19.1. The molecule has 0 saturated carbocycles. The van der Waals surface area contributed by atoms with Crippen molar-refractivity contribution in [1.82, 2.24) is 10.2 Å². The molecule has 1 amide bonds. The summed E-state index contributed by atoms with van der Waals surface area (Å²) in [6.07, 6.45) is 0.216. The van der Waals surface area contributed by atoms with Crippen LogP contribution in [0.5, 0.6) is 0 Å². The Hall–Kier alpha value is -2.70. The van der Waals surface area contributed by atoms with Crippen molar-refractivity contribution in [3.63, 3.8) is 0 Å². The van der Waals surface area contributed by atoms with Gasteiger partial charge in [-0.2, -0.15) is 5.10 Å². The number of anilines is 1. The molecular formula is C16H18FN3O3. The molecule has 122 valence electrons. The molecule has 0 aliphatic heterocycles. The summed E-state index contributed by atoms with van der Waals surface area (Å²) in [5.74, 6) is -0.902. The number of esters is 1. The maximum Gasteiger partial charge on any atom is 0.356 e. The zero-order valence-electron chi connectivity index (χ0n) is 12.9. The Balaban J connectivity index is 1.91. The first-order valence-electron chi connectivity index (χ1n) is 7.27. The molecule has 2 rings (SSSR count). The fourth-order valence-electron chi connectivity index (χ4n) is 2.08. The number of nitrogens with one attached hydrogen (secondary N) is 2. The fraction of sp³-hybridized carbons (Fsp3) is 0.312. The number of benzene rings is 1. The minimum atomic E-state index is -0.528. The van der Waals surface area contributed by atoms with Gasteiger partial charge in [-0.05, 0) is 30.5 Å². The van der Waals surface area contributed by atoms with Gasteiger partial charge in [-0.15, -0.1) is 0 Å². The third kappa shape index (κ3) is 4.64. The number of hydrogen-bond acceptors (Lipinski definition) is 4. The van der Waals surface area contributed by atoms with E-state index in [2.05, 4.69) is 15.5 Å². The van der Waals surface area contributed by atoms with Crippen LogP contribution in [0.25, 0.3) is 0 Å². The quantitative estimate of drug-likeness (QED) is 0.802. The van der Waals surface area contributed by atoms with Gasteiger partial charge in [-0.25, -0.2) is 9.18 Å². The monoisotopic (exact) mass is 319 g/mol. The van der Waals surface area contributed by atoms with E-state index in [0.29, 0.717) is 0 Å². The zero-order chi connectivity index (χ0) is 16.8. The molecule has 1 aromatic heterocycles. The largest absolute Gasteiger partial charge is 0.461 e. The van der Waals surface area contributed by atoms with E-state index in [1.807, 2.05) is 6.92 Å². The normalized spacial score (nSPS) is 11.8. The first kappa shape index (κ1) is 16.7. The highest BCUT2D eigenvalue weighted by Crippen LogP contribution is 2.20. The van der Waals surface area contributed by atoms with E-state index >= 15 is 0 Å². The van der Waals surface area contributed by atoms with E-state index in [1.54, 1.807) is 19.1 Å². The third-order valence-electron chi connectivity index (χ3n) is 3.27. The van der Waals surface area contributed by atoms with Gasteiger partial charge < -0.3 is 10.1 Å². The van der Waals surface area contributed by atoms with Crippen molar-refractivity contribution in [3.8, 4) is 0 Å². The molecule has 0 unspecified atom stereocenters. The van der Waals surface area contributed by atoms with Crippen LogP contribution in [0.4, 0.5) is 10.2 Å². The SMILES string of the molecule is CCOC(=O)c1cc(NC(=O)C[C@@H](C)c2ccc(F)cc2)n[nH]1. The summed E-state index contributed by atoms with van der Waals surface area (Å²) in [5, 5.41) is 8.96. The zero-order valence-corrected chi connectivity index (χ0v) is 12.9. The molecule has 2 N–H and O–H groups in total. The van der Waals surface area contributed by atoms with Crippen LogP contribution >= 0.6 is 0 Å². The smallest absolute Gasteiger partial charge is 0.356 e. The number of H-pyrrole nitrogens is 1. The predicted octanol–water partition coefficient (Wildman–Crippen LogP) is 2.86. The number of aromatic amines is 1. The number of carbonyl (C=O) groups excluding carboxylic acids is 2. The molecule has 1 aromatic carbocycles. The van der Waals surface area contributed by atoms with Gasteiger partial charge >= 0.3 is 5.97 Å². The summed E-state index contributed by atoms with van der Waals surface area (Å²) in [6, 6.07) is 7.45. The van der Waals surface area contributed by atoms with Crippen LogP contribution < -0.4 is 5.32 Å². The third-order valence-corrected chi connectivity index (χ3v) is 3.27. The minimum Gasteiger partial charge on any atom is -0.461 e. The lowest BCUT2D eigenvalue weighted by Crippen LogP contribution is -2.14. The van der Waals surface area contributed by atoms with Crippen molar-refractivity contribution >= 4 is 17.7 Å². The lowest BCUT2D eigenvalue weighted by atomic mass is 9.97. The number of hydrogen-bond donors (Lipinski definition) is 2. The van der Waals surface area contributed by atoms with Crippen molar-refractivity contribution in [2.45, 2.75) is 26.2 Å². The molecule has 0 aliphatic rings. The van der Waals surface area contributed by atoms with E-state index < -0.39 is 5.97 Å². The summed E-state index contributed by atoms with van der Waals surface area (Å²) in [6.45, 7) is 3.84. The summed E-state index contributed by atoms with van der Waals surface area (Å²) in [7, 11) is 0. The van der Waals surface area contributed by atoms with Gasteiger partial charge in [-0.1, -0.05) is 19.1 Å². The van der Waals surface area contributed by atoms with Crippen molar-refractivity contribution < 1.29 is 18.7 Å². The molecule has 0 spiro atoms. The number of rotatable bonds is 6. The van der Waals surface area contributed by atoms with Gasteiger partial charge in [0.1, 0.15) is 11.5 Å². The second-order valence-electron chi connectivity index (χ2n) is 5.09. The van der Waals surface area contributed by atoms with E-state index in [9.17, 15) is 14.0 Å². The molecule has 1 atom stereocenters. The van der Waals surface area contributed by atoms with E-state index in [1.165, 1.54) is 18.2 Å². The van der Waals surface area contributed by atoms with Crippen molar-refractivity contribution in [1.29, 1.82) is 0 Å².